The van der Waals surface area contributed by atoms with Crippen LogP contribution in [0.4, 0.5) is 33.8 Å². The van der Waals surface area contributed by atoms with Gasteiger partial charge < -0.3 is 15.8 Å². The second-order valence-electron chi connectivity index (χ2n) is 5.24. The third-order valence-electron chi connectivity index (χ3n) is 3.07. The molecule has 0 aliphatic carbocycles. The summed E-state index contributed by atoms with van der Waals surface area (Å²) >= 11 is 5.64. The van der Waals surface area contributed by atoms with E-state index < -0.39 is 17.7 Å². The Balaban J connectivity index is 1.95. The van der Waals surface area contributed by atoms with Crippen LogP contribution in [0.25, 0.3) is 0 Å². The molecular weight excluding hydrogens is 385 g/mol. The first-order chi connectivity index (χ1) is 12.0. The molecule has 26 heavy (non-hydrogen) atoms. The third kappa shape index (κ3) is 4.81. The summed E-state index contributed by atoms with van der Waals surface area (Å²) in [6.07, 6.45) is -5.67. The molecule has 0 saturated heterocycles. The number of nitrogens with two attached hydrogens (primary N) is 1. The predicted molar refractivity (Wildman–Crippen MR) is 84.2 cm³/mol. The maximum Gasteiger partial charge on any atom is 0.458 e. The fourth-order valence-corrected chi connectivity index (χ4v) is 2.00. The molecule has 1 heterocycles. The maximum atomic E-state index is 13.2. The average Bonchev–Trinajstić information content (AvgIpc) is 2.51. The van der Waals surface area contributed by atoms with Gasteiger partial charge in [-0.1, -0.05) is 0 Å². The third-order valence-corrected chi connectivity index (χ3v) is 3.24. The molecule has 0 aliphatic rings. The first-order valence-electron chi connectivity index (χ1n) is 7.10. The minimum atomic E-state index is -5.67. The summed E-state index contributed by atoms with van der Waals surface area (Å²) in [6.45, 7) is 1.73. The molecule has 0 saturated carbocycles. The van der Waals surface area contributed by atoms with Crippen LogP contribution >= 0.6 is 11.6 Å². The number of hydrogen-bond acceptors (Lipinski definition) is 6. The normalized spacial score (nSPS) is 13.3. The van der Waals surface area contributed by atoms with Crippen LogP contribution in [-0.2, 0) is 5.92 Å². The molecule has 2 rings (SSSR count). The molecule has 3 N–H and O–H groups in total. The van der Waals surface area contributed by atoms with Crippen LogP contribution in [0.3, 0.4) is 0 Å². The van der Waals surface area contributed by atoms with Gasteiger partial charge in [0.15, 0.2) is 0 Å². The summed E-state index contributed by atoms with van der Waals surface area (Å²) < 4.78 is 68.7. The second-order valence-corrected chi connectivity index (χ2v) is 5.58. The fourth-order valence-electron chi connectivity index (χ4n) is 1.84. The predicted octanol–water partition coefficient (Wildman–Crippen LogP) is 3.64. The zero-order valence-electron chi connectivity index (χ0n) is 13.2. The Hall–Kier alpha value is -2.43. The van der Waals surface area contributed by atoms with Crippen molar-refractivity contribution in [1.82, 2.24) is 15.0 Å². The number of nitrogens with one attached hydrogen (secondary N) is 1. The summed E-state index contributed by atoms with van der Waals surface area (Å²) in [5, 5.41) is 2.73. The van der Waals surface area contributed by atoms with E-state index in [0.29, 0.717) is 12.1 Å². The number of nitrogens with zero attached hydrogens (tertiary/aromatic N) is 3. The fraction of sp³-hybridized carbons (Fsp3) is 0.357. The van der Waals surface area contributed by atoms with E-state index >= 15 is 0 Å². The molecule has 0 aliphatic heterocycles. The highest BCUT2D eigenvalue weighted by Gasteiger charge is 2.58. The Bertz CT molecular complexity index is 736. The van der Waals surface area contributed by atoms with Crippen molar-refractivity contribution in [2.45, 2.75) is 25.1 Å². The number of rotatable bonds is 6. The quantitative estimate of drug-likeness (QED) is 0.724. The Morgan fingerprint density at radius 2 is 1.73 bits per heavy atom. The van der Waals surface area contributed by atoms with E-state index in [9.17, 15) is 22.0 Å². The highest BCUT2D eigenvalue weighted by atomic mass is 35.5. The molecule has 0 bridgehead atoms. The van der Waals surface area contributed by atoms with Crippen LogP contribution in [0.2, 0.25) is 5.28 Å². The number of ether oxygens (including phenoxy) is 1. The Morgan fingerprint density at radius 3 is 2.27 bits per heavy atom. The number of alkyl halides is 5. The van der Waals surface area contributed by atoms with Crippen LogP contribution in [-0.4, -0.2) is 33.8 Å². The lowest BCUT2D eigenvalue weighted by atomic mass is 10.1. The van der Waals surface area contributed by atoms with Crippen molar-refractivity contribution in [3.63, 3.8) is 0 Å². The first kappa shape index (κ1) is 19.9. The number of aromatic nitrogens is 3. The minimum absolute atomic E-state index is 0.0399. The van der Waals surface area contributed by atoms with Gasteiger partial charge in [0.2, 0.25) is 17.2 Å². The minimum Gasteiger partial charge on any atom is -0.491 e. The molecule has 0 amide bonds. The van der Waals surface area contributed by atoms with Gasteiger partial charge in [-0.05, 0) is 42.8 Å². The zero-order chi connectivity index (χ0) is 19.5. The number of benzene rings is 1. The van der Waals surface area contributed by atoms with Crippen molar-refractivity contribution < 1.29 is 26.7 Å². The van der Waals surface area contributed by atoms with Gasteiger partial charge in [-0.3, -0.25) is 0 Å². The summed E-state index contributed by atoms with van der Waals surface area (Å²) in [7, 11) is 0. The van der Waals surface area contributed by atoms with E-state index in [1.807, 2.05) is 0 Å². The topological polar surface area (TPSA) is 86.0 Å². The SMILES string of the molecule is CC(COc1ccc(C(F)(F)C(F)(F)F)cc1)Nc1nc(N)nc(Cl)n1. The van der Waals surface area contributed by atoms with E-state index in [2.05, 4.69) is 20.3 Å². The lowest BCUT2D eigenvalue weighted by Gasteiger charge is -2.20. The van der Waals surface area contributed by atoms with Crippen molar-refractivity contribution >= 4 is 23.5 Å². The van der Waals surface area contributed by atoms with Crippen LogP contribution < -0.4 is 15.8 Å². The summed E-state index contributed by atoms with van der Waals surface area (Å²) in [5.74, 6) is -4.78. The first-order valence-corrected chi connectivity index (χ1v) is 7.48. The van der Waals surface area contributed by atoms with Gasteiger partial charge in [-0.15, -0.1) is 0 Å². The largest absolute Gasteiger partial charge is 0.491 e. The molecule has 142 valence electrons. The molecule has 0 spiro atoms. The monoisotopic (exact) mass is 397 g/mol. The molecule has 1 unspecified atom stereocenters. The van der Waals surface area contributed by atoms with Crippen LogP contribution in [0, 0.1) is 0 Å². The van der Waals surface area contributed by atoms with E-state index in [1.165, 1.54) is 0 Å². The van der Waals surface area contributed by atoms with E-state index in [1.54, 1.807) is 6.92 Å². The number of halogens is 6. The molecular formula is C14H13ClF5N5O. The highest BCUT2D eigenvalue weighted by molar-refractivity contribution is 6.28. The van der Waals surface area contributed by atoms with Crippen molar-refractivity contribution in [3.05, 3.63) is 35.1 Å². The zero-order valence-corrected chi connectivity index (χ0v) is 13.9. The van der Waals surface area contributed by atoms with Gasteiger partial charge in [0.05, 0.1) is 6.04 Å². The molecule has 0 radical (unpaired) electrons. The van der Waals surface area contributed by atoms with Crippen LogP contribution in [0.5, 0.6) is 5.75 Å². The lowest BCUT2D eigenvalue weighted by molar-refractivity contribution is -0.289. The van der Waals surface area contributed by atoms with Crippen molar-refractivity contribution in [1.29, 1.82) is 0 Å². The Labute approximate surface area is 149 Å². The van der Waals surface area contributed by atoms with Crippen molar-refractivity contribution in [2.24, 2.45) is 0 Å². The van der Waals surface area contributed by atoms with Gasteiger partial charge in [-0.2, -0.15) is 36.9 Å². The van der Waals surface area contributed by atoms with Gasteiger partial charge >= 0.3 is 12.1 Å². The van der Waals surface area contributed by atoms with Crippen molar-refractivity contribution in [2.75, 3.05) is 17.7 Å². The standard InChI is InChI=1S/C14H13ClF5N5O/c1-7(22-12-24-10(15)23-11(21)25-12)6-26-9-4-2-8(3-5-9)13(16,17)14(18,19)20/h2-5,7H,6H2,1H3,(H3,21,22,23,24,25). The van der Waals surface area contributed by atoms with Crippen LogP contribution in [0.15, 0.2) is 24.3 Å². The summed E-state index contributed by atoms with van der Waals surface area (Å²) in [5.41, 5.74) is 4.25. The van der Waals surface area contributed by atoms with Gasteiger partial charge in [0, 0.05) is 5.56 Å². The van der Waals surface area contributed by atoms with Crippen molar-refractivity contribution in [3.8, 4) is 5.75 Å². The van der Waals surface area contributed by atoms with E-state index in [-0.39, 0.29) is 35.6 Å². The highest BCUT2D eigenvalue weighted by Crippen LogP contribution is 2.44. The maximum absolute atomic E-state index is 13.2. The molecule has 1 atom stereocenters. The molecule has 0 fully saturated rings. The van der Waals surface area contributed by atoms with Gasteiger partial charge in [0.1, 0.15) is 12.4 Å². The molecule has 6 nitrogen and oxygen atoms in total. The van der Waals surface area contributed by atoms with E-state index in [4.69, 9.17) is 22.1 Å². The summed E-state index contributed by atoms with van der Waals surface area (Å²) in [6, 6.07) is 3.02. The van der Waals surface area contributed by atoms with Crippen LogP contribution in [0.1, 0.15) is 12.5 Å². The molecule has 2 aromatic rings. The van der Waals surface area contributed by atoms with E-state index in [0.717, 1.165) is 12.1 Å². The molecule has 12 heteroatoms. The molecule has 1 aromatic carbocycles. The number of hydrogen-bond donors (Lipinski definition) is 2. The Morgan fingerprint density at radius 1 is 1.12 bits per heavy atom. The van der Waals surface area contributed by atoms with Gasteiger partial charge in [-0.25, -0.2) is 0 Å². The second kappa shape index (κ2) is 7.44. The van der Waals surface area contributed by atoms with Gasteiger partial charge in [0.25, 0.3) is 0 Å². The molecule has 1 aromatic heterocycles. The lowest BCUT2D eigenvalue weighted by Crippen LogP contribution is -2.33. The number of nitrogen functional groups attached to an aromatic ring is 1. The number of anilines is 2. The Kier molecular flexibility index (Phi) is 5.69. The average molecular weight is 398 g/mol. The summed E-state index contributed by atoms with van der Waals surface area (Å²) in [4.78, 5) is 11.2. The smallest absolute Gasteiger partial charge is 0.458 e.